The van der Waals surface area contributed by atoms with E-state index in [1.165, 1.54) is 12.1 Å². The van der Waals surface area contributed by atoms with Gasteiger partial charge in [-0.05, 0) is 37.8 Å². The number of hydrogen-bond acceptors (Lipinski definition) is 2. The largest absolute Gasteiger partial charge is 0.490 e. The Balaban J connectivity index is 2.22. The summed E-state index contributed by atoms with van der Waals surface area (Å²) in [6.07, 6.45) is -1.26. The number of Topliss-reactive ketones (excluding diaryl/α,β-unsaturated/α-hetero) is 1. The number of benzene rings is 1. The third-order valence-corrected chi connectivity index (χ3v) is 2.98. The molecule has 0 aliphatic heterocycles. The number of alkyl halides is 3. The fourth-order valence-corrected chi connectivity index (χ4v) is 2.10. The SMILES string of the molecule is O=C(c1ccccc1OC1CCCC1)C(F)(F)F. The van der Waals surface area contributed by atoms with E-state index in [1.54, 1.807) is 6.07 Å². The third-order valence-electron chi connectivity index (χ3n) is 2.98. The van der Waals surface area contributed by atoms with E-state index >= 15 is 0 Å². The molecule has 2 rings (SSSR count). The number of halogens is 3. The lowest BCUT2D eigenvalue weighted by Crippen LogP contribution is -2.24. The van der Waals surface area contributed by atoms with Gasteiger partial charge in [-0.1, -0.05) is 12.1 Å². The van der Waals surface area contributed by atoms with E-state index in [9.17, 15) is 18.0 Å². The number of ketones is 1. The zero-order chi connectivity index (χ0) is 13.2. The van der Waals surface area contributed by atoms with Crippen molar-refractivity contribution < 1.29 is 22.7 Å². The molecule has 1 aliphatic rings. The summed E-state index contributed by atoms with van der Waals surface area (Å²) >= 11 is 0. The van der Waals surface area contributed by atoms with Crippen LogP contribution in [0.5, 0.6) is 5.75 Å². The van der Waals surface area contributed by atoms with Gasteiger partial charge < -0.3 is 4.74 Å². The molecular formula is C13H13F3O2. The molecule has 0 N–H and O–H groups in total. The molecule has 1 saturated carbocycles. The van der Waals surface area contributed by atoms with Gasteiger partial charge in [0.05, 0.1) is 11.7 Å². The van der Waals surface area contributed by atoms with E-state index < -0.39 is 17.5 Å². The predicted octanol–water partition coefficient (Wildman–Crippen LogP) is 3.75. The second kappa shape index (κ2) is 5.00. The molecule has 0 saturated heterocycles. The highest BCUT2D eigenvalue weighted by Crippen LogP contribution is 2.30. The van der Waals surface area contributed by atoms with Crippen molar-refractivity contribution >= 4 is 5.78 Å². The van der Waals surface area contributed by atoms with Gasteiger partial charge in [0, 0.05) is 0 Å². The molecule has 1 aliphatic carbocycles. The van der Waals surface area contributed by atoms with Crippen molar-refractivity contribution in [1.82, 2.24) is 0 Å². The van der Waals surface area contributed by atoms with E-state index in [2.05, 4.69) is 0 Å². The monoisotopic (exact) mass is 258 g/mol. The topological polar surface area (TPSA) is 26.3 Å². The molecule has 0 radical (unpaired) electrons. The van der Waals surface area contributed by atoms with Crippen molar-refractivity contribution in [1.29, 1.82) is 0 Å². The molecular weight excluding hydrogens is 245 g/mol. The zero-order valence-electron chi connectivity index (χ0n) is 9.67. The highest BCUT2D eigenvalue weighted by Gasteiger charge is 2.40. The average Bonchev–Trinajstić information content (AvgIpc) is 2.80. The molecule has 0 aromatic heterocycles. The fourth-order valence-electron chi connectivity index (χ4n) is 2.10. The van der Waals surface area contributed by atoms with Crippen molar-refractivity contribution in [2.45, 2.75) is 38.0 Å². The van der Waals surface area contributed by atoms with Gasteiger partial charge in [-0.2, -0.15) is 13.2 Å². The summed E-state index contributed by atoms with van der Waals surface area (Å²) in [5.74, 6) is -1.82. The number of rotatable bonds is 3. The van der Waals surface area contributed by atoms with Crippen LogP contribution >= 0.6 is 0 Å². The predicted molar refractivity (Wildman–Crippen MR) is 59.7 cm³/mol. The molecule has 1 aromatic carbocycles. The summed E-state index contributed by atoms with van der Waals surface area (Å²) in [6, 6.07) is 5.54. The molecule has 0 unspecified atom stereocenters. The first kappa shape index (κ1) is 12.9. The lowest BCUT2D eigenvalue weighted by Gasteiger charge is -2.16. The maximum Gasteiger partial charge on any atom is 0.455 e. The number of hydrogen-bond donors (Lipinski definition) is 0. The minimum atomic E-state index is -4.87. The first-order valence-corrected chi connectivity index (χ1v) is 5.85. The minimum absolute atomic E-state index is 0.0340. The van der Waals surface area contributed by atoms with Crippen LogP contribution in [0.15, 0.2) is 24.3 Å². The summed E-state index contributed by atoms with van der Waals surface area (Å²) in [7, 11) is 0. The van der Waals surface area contributed by atoms with Crippen LogP contribution in [0.25, 0.3) is 0 Å². The first-order chi connectivity index (χ1) is 8.48. The molecule has 0 bridgehead atoms. The second-order valence-electron chi connectivity index (χ2n) is 4.35. The molecule has 0 spiro atoms. The van der Waals surface area contributed by atoms with Crippen LogP contribution in [0.1, 0.15) is 36.0 Å². The van der Waals surface area contributed by atoms with E-state index in [4.69, 9.17) is 4.74 Å². The molecule has 18 heavy (non-hydrogen) atoms. The lowest BCUT2D eigenvalue weighted by atomic mass is 10.1. The molecule has 1 aromatic rings. The van der Waals surface area contributed by atoms with Gasteiger partial charge in [0.2, 0.25) is 0 Å². The summed E-state index contributed by atoms with van der Waals surface area (Å²) in [6.45, 7) is 0. The quantitative estimate of drug-likeness (QED) is 0.772. The number of carbonyl (C=O) groups excluding carboxylic acids is 1. The molecule has 5 heteroatoms. The van der Waals surface area contributed by atoms with E-state index in [-0.39, 0.29) is 11.9 Å². The summed E-state index contributed by atoms with van der Waals surface area (Å²) < 4.78 is 42.8. The van der Waals surface area contributed by atoms with Gasteiger partial charge >= 0.3 is 6.18 Å². The van der Waals surface area contributed by atoms with Gasteiger partial charge in [0.15, 0.2) is 0 Å². The first-order valence-electron chi connectivity index (χ1n) is 5.85. The Morgan fingerprint density at radius 3 is 2.39 bits per heavy atom. The number of para-hydroxylation sites is 1. The summed E-state index contributed by atoms with van der Waals surface area (Å²) in [4.78, 5) is 11.3. The Kier molecular flexibility index (Phi) is 3.59. The van der Waals surface area contributed by atoms with Crippen molar-refractivity contribution in [2.75, 3.05) is 0 Å². The molecule has 2 nitrogen and oxygen atoms in total. The minimum Gasteiger partial charge on any atom is -0.490 e. The standard InChI is InChI=1S/C13H13F3O2/c14-13(15,16)12(17)10-7-3-4-8-11(10)18-9-5-1-2-6-9/h3-4,7-9H,1-2,5-6H2. The van der Waals surface area contributed by atoms with Crippen molar-refractivity contribution in [3.05, 3.63) is 29.8 Å². The summed E-state index contributed by atoms with van der Waals surface area (Å²) in [5.41, 5.74) is -0.406. The normalized spacial score (nSPS) is 16.8. The van der Waals surface area contributed by atoms with Crippen LogP contribution in [-0.2, 0) is 0 Å². The number of ether oxygens (including phenoxy) is 1. The average molecular weight is 258 g/mol. The Bertz CT molecular complexity index is 434. The molecule has 0 heterocycles. The Labute approximate surface area is 103 Å². The molecule has 0 amide bonds. The van der Waals surface area contributed by atoms with Crippen LogP contribution in [-0.4, -0.2) is 18.1 Å². The second-order valence-corrected chi connectivity index (χ2v) is 4.35. The Hall–Kier alpha value is -1.52. The van der Waals surface area contributed by atoms with E-state index in [0.717, 1.165) is 31.7 Å². The smallest absolute Gasteiger partial charge is 0.455 e. The van der Waals surface area contributed by atoms with Crippen LogP contribution in [0.3, 0.4) is 0 Å². The maximum atomic E-state index is 12.4. The van der Waals surface area contributed by atoms with Crippen molar-refractivity contribution in [3.8, 4) is 5.75 Å². The molecule has 1 fully saturated rings. The lowest BCUT2D eigenvalue weighted by molar-refractivity contribution is -0.0887. The van der Waals surface area contributed by atoms with Gasteiger partial charge in [-0.3, -0.25) is 4.79 Å². The van der Waals surface area contributed by atoms with Gasteiger partial charge in [-0.25, -0.2) is 0 Å². The van der Waals surface area contributed by atoms with Crippen LogP contribution in [0.4, 0.5) is 13.2 Å². The molecule has 98 valence electrons. The van der Waals surface area contributed by atoms with Gasteiger partial charge in [0.25, 0.3) is 5.78 Å². The third kappa shape index (κ3) is 2.83. The van der Waals surface area contributed by atoms with E-state index in [0.29, 0.717) is 0 Å². The van der Waals surface area contributed by atoms with Crippen LogP contribution in [0.2, 0.25) is 0 Å². The Morgan fingerprint density at radius 1 is 1.17 bits per heavy atom. The van der Waals surface area contributed by atoms with Crippen LogP contribution < -0.4 is 4.74 Å². The summed E-state index contributed by atoms with van der Waals surface area (Å²) in [5, 5.41) is 0. The van der Waals surface area contributed by atoms with Gasteiger partial charge in [-0.15, -0.1) is 0 Å². The van der Waals surface area contributed by atoms with E-state index in [1.807, 2.05) is 0 Å². The maximum absolute atomic E-state index is 12.4. The Morgan fingerprint density at radius 2 is 1.78 bits per heavy atom. The highest BCUT2D eigenvalue weighted by atomic mass is 19.4. The van der Waals surface area contributed by atoms with Crippen LogP contribution in [0, 0.1) is 0 Å². The fraction of sp³-hybridized carbons (Fsp3) is 0.462. The highest BCUT2D eigenvalue weighted by molar-refractivity contribution is 6.02. The zero-order valence-corrected chi connectivity index (χ0v) is 9.67. The van der Waals surface area contributed by atoms with Crippen molar-refractivity contribution in [2.24, 2.45) is 0 Å². The van der Waals surface area contributed by atoms with Gasteiger partial charge in [0.1, 0.15) is 5.75 Å². The number of carbonyl (C=O) groups is 1. The van der Waals surface area contributed by atoms with Crippen molar-refractivity contribution in [3.63, 3.8) is 0 Å². The molecule has 0 atom stereocenters.